The third kappa shape index (κ3) is 9.20. The minimum Gasteiger partial charge on any atom is -0.443 e. The van der Waals surface area contributed by atoms with Crippen LogP contribution in [0.25, 0.3) is 5.57 Å². The number of rotatable bonds is 6. The second kappa shape index (κ2) is 14.1. The molecule has 5 rings (SSSR count). The van der Waals surface area contributed by atoms with Gasteiger partial charge in [0.2, 0.25) is 0 Å². The molecule has 2 aliphatic heterocycles. The Balaban J connectivity index is 0.000000336. The highest BCUT2D eigenvalue weighted by molar-refractivity contribution is 7.92. The first-order valence-electron chi connectivity index (χ1n) is 14.9. The number of hydrogen-bond donors (Lipinski definition) is 2. The first kappa shape index (κ1) is 36.6. The third-order valence-electron chi connectivity index (χ3n) is 7.35. The van der Waals surface area contributed by atoms with E-state index in [2.05, 4.69) is 5.16 Å². The Morgan fingerprint density at radius 3 is 2.38 bits per heavy atom. The van der Waals surface area contributed by atoms with Crippen LogP contribution in [0.2, 0.25) is 0 Å². The fourth-order valence-electron chi connectivity index (χ4n) is 5.40. The average molecular weight is 707 g/mol. The molecule has 2 aliphatic rings. The molecule has 48 heavy (non-hydrogen) atoms. The Kier molecular flexibility index (Phi) is 10.7. The first-order chi connectivity index (χ1) is 22.2. The molecular formula is C32H39FN4O9S2. The lowest BCUT2D eigenvalue weighted by molar-refractivity contribution is 0.0556. The molecule has 2 amide bonds. The number of nitrogens with one attached hydrogen (secondary N) is 1. The van der Waals surface area contributed by atoms with Gasteiger partial charge in [-0.15, -0.1) is 0 Å². The molecule has 0 saturated carbocycles. The molecular weight excluding hydrogens is 668 g/mol. The summed E-state index contributed by atoms with van der Waals surface area (Å²) in [5, 5.41) is 3.79. The number of nitrogens with zero attached hydrogens (tertiary/aromatic N) is 3. The van der Waals surface area contributed by atoms with Crippen LogP contribution in [0, 0.1) is 31.4 Å². The molecule has 3 heterocycles. The molecule has 0 aliphatic carbocycles. The van der Waals surface area contributed by atoms with E-state index >= 15 is 0 Å². The Hall–Kier alpha value is -4.28. The van der Waals surface area contributed by atoms with Gasteiger partial charge in [-0.05, 0) is 82.9 Å². The van der Waals surface area contributed by atoms with Crippen molar-refractivity contribution in [3.05, 3.63) is 76.8 Å². The number of aryl methyl sites for hydroxylation is 3. The van der Waals surface area contributed by atoms with Crippen molar-refractivity contribution in [3.8, 4) is 0 Å². The number of allylic oxidation sites excluding steroid dienone is 1. The SMILES string of the molecule is CC(C)(C)OC(=O)N(C[C@H]1CN(c2ccc(C3=CCS(=N)(=O)CC3)c(F)c2)C(=O)O1)c1ccon1.Cc1cc(C)c(S(=O)(=O)O)c(C)c1. The van der Waals surface area contributed by atoms with E-state index in [-0.39, 0.29) is 35.3 Å². The van der Waals surface area contributed by atoms with Crippen molar-refractivity contribution >= 4 is 49.1 Å². The molecule has 3 aromatic rings. The summed E-state index contributed by atoms with van der Waals surface area (Å²) >= 11 is 0. The lowest BCUT2D eigenvalue weighted by Gasteiger charge is -2.26. The van der Waals surface area contributed by atoms with Crippen molar-refractivity contribution < 1.29 is 45.2 Å². The summed E-state index contributed by atoms with van der Waals surface area (Å²) < 4.78 is 81.0. The summed E-state index contributed by atoms with van der Waals surface area (Å²) in [5.41, 5.74) is 2.77. The van der Waals surface area contributed by atoms with Gasteiger partial charge in [0.1, 0.15) is 23.8 Å². The molecule has 1 saturated heterocycles. The van der Waals surface area contributed by atoms with E-state index in [1.54, 1.807) is 65.0 Å². The second-order valence-electron chi connectivity index (χ2n) is 12.6. The van der Waals surface area contributed by atoms with E-state index < -0.39 is 49.6 Å². The monoisotopic (exact) mass is 706 g/mol. The number of aromatic nitrogens is 1. The standard InChI is InChI=1S/C23H27FN4O6S.C9H12O3S/c1-23(2,3)34-22(30)28(20-6-9-32-26-20)14-17-13-27(21(29)33-17)16-4-5-18(19(24)12-16)15-7-10-35(25,31)11-8-15;1-6-4-7(2)9(8(3)5-6)13(10,11)12/h4-7,9,12,17,25H,8,10-11,13-14H2,1-3H3;4-5H,1-3H3,(H,10,11,12)/t17-,35?;/m1./s1. The van der Waals surface area contributed by atoms with Crippen LogP contribution in [0.15, 0.2) is 58.2 Å². The zero-order valence-electron chi connectivity index (χ0n) is 27.5. The van der Waals surface area contributed by atoms with Crippen molar-refractivity contribution in [2.24, 2.45) is 0 Å². The molecule has 1 unspecified atom stereocenters. The highest BCUT2D eigenvalue weighted by Gasteiger charge is 2.37. The minimum atomic E-state index is -4.08. The van der Waals surface area contributed by atoms with Crippen LogP contribution < -0.4 is 9.80 Å². The smallest absolute Gasteiger partial charge is 0.416 e. The van der Waals surface area contributed by atoms with E-state index in [0.717, 1.165) is 5.56 Å². The van der Waals surface area contributed by atoms with Crippen molar-refractivity contribution in [1.29, 1.82) is 4.78 Å². The van der Waals surface area contributed by atoms with Gasteiger partial charge in [-0.3, -0.25) is 19.1 Å². The van der Waals surface area contributed by atoms with Gasteiger partial charge in [-0.1, -0.05) is 28.9 Å². The summed E-state index contributed by atoms with van der Waals surface area (Å²) in [6, 6.07) is 9.38. The van der Waals surface area contributed by atoms with E-state index in [9.17, 15) is 26.6 Å². The van der Waals surface area contributed by atoms with Gasteiger partial charge < -0.3 is 14.0 Å². The molecule has 260 valence electrons. The zero-order valence-corrected chi connectivity index (χ0v) is 29.1. The maximum atomic E-state index is 14.9. The number of halogens is 1. The third-order valence-corrected chi connectivity index (χ3v) is 10.1. The molecule has 0 bridgehead atoms. The van der Waals surface area contributed by atoms with Gasteiger partial charge in [0, 0.05) is 27.1 Å². The molecule has 1 aromatic heterocycles. The van der Waals surface area contributed by atoms with Crippen molar-refractivity contribution in [3.63, 3.8) is 0 Å². The zero-order chi connectivity index (χ0) is 35.6. The maximum absolute atomic E-state index is 14.9. The van der Waals surface area contributed by atoms with Crippen LogP contribution in [0.4, 0.5) is 25.5 Å². The van der Waals surface area contributed by atoms with E-state index in [1.807, 2.05) is 6.92 Å². The van der Waals surface area contributed by atoms with E-state index in [0.29, 0.717) is 34.4 Å². The Labute approximate surface area is 279 Å². The summed E-state index contributed by atoms with van der Waals surface area (Å²) in [7, 11) is -6.71. The number of hydrogen-bond acceptors (Lipinski definition) is 10. The highest BCUT2D eigenvalue weighted by Crippen LogP contribution is 2.31. The molecule has 0 spiro atoms. The first-order valence-corrected chi connectivity index (χ1v) is 18.3. The van der Waals surface area contributed by atoms with Crippen LogP contribution in [0.5, 0.6) is 0 Å². The number of carbonyl (C=O) groups is 2. The molecule has 2 atom stereocenters. The van der Waals surface area contributed by atoms with Crippen LogP contribution in [-0.4, -0.2) is 70.8 Å². The highest BCUT2D eigenvalue weighted by atomic mass is 32.2. The molecule has 13 nitrogen and oxygen atoms in total. The molecule has 2 aromatic carbocycles. The quantitative estimate of drug-likeness (QED) is 0.277. The van der Waals surface area contributed by atoms with Crippen LogP contribution in [-0.2, 0) is 29.3 Å². The van der Waals surface area contributed by atoms with Crippen molar-refractivity contribution in [2.45, 2.75) is 64.6 Å². The molecule has 16 heteroatoms. The predicted molar refractivity (Wildman–Crippen MR) is 178 cm³/mol. The Morgan fingerprint density at radius 1 is 1.19 bits per heavy atom. The van der Waals surface area contributed by atoms with Crippen LogP contribution in [0.3, 0.4) is 0 Å². The van der Waals surface area contributed by atoms with Crippen molar-refractivity contribution in [1.82, 2.24) is 5.16 Å². The molecule has 1 fully saturated rings. The lowest BCUT2D eigenvalue weighted by atomic mass is 10.0. The topological polar surface area (TPSA) is 180 Å². The van der Waals surface area contributed by atoms with Crippen molar-refractivity contribution in [2.75, 3.05) is 34.4 Å². The predicted octanol–water partition coefficient (Wildman–Crippen LogP) is 6.27. The number of cyclic esters (lactones) is 1. The van der Waals surface area contributed by atoms with Crippen LogP contribution in [0.1, 0.15) is 49.4 Å². The summed E-state index contributed by atoms with van der Waals surface area (Å²) in [4.78, 5) is 27.8. The Bertz CT molecular complexity index is 1910. The summed E-state index contributed by atoms with van der Waals surface area (Å²) in [5.74, 6) is -0.0220. The average Bonchev–Trinajstić information content (AvgIpc) is 3.60. The van der Waals surface area contributed by atoms with E-state index in [4.69, 9.17) is 23.3 Å². The lowest BCUT2D eigenvalue weighted by Crippen LogP contribution is -2.42. The number of amides is 2. The summed E-state index contributed by atoms with van der Waals surface area (Å²) in [6.07, 6.45) is 1.25. The molecule has 2 N–H and O–H groups in total. The summed E-state index contributed by atoms with van der Waals surface area (Å²) in [6.45, 7) is 10.5. The number of anilines is 2. The second-order valence-corrected chi connectivity index (χ2v) is 16.3. The van der Waals surface area contributed by atoms with Gasteiger partial charge in [0.15, 0.2) is 5.82 Å². The fourth-order valence-corrected chi connectivity index (χ4v) is 7.52. The van der Waals surface area contributed by atoms with Gasteiger partial charge in [0.25, 0.3) is 10.1 Å². The molecule has 0 radical (unpaired) electrons. The minimum absolute atomic E-state index is 0.0260. The number of carbonyl (C=O) groups excluding carboxylic acids is 2. The van der Waals surface area contributed by atoms with Gasteiger partial charge in [-0.25, -0.2) is 18.2 Å². The van der Waals surface area contributed by atoms with Gasteiger partial charge >= 0.3 is 12.2 Å². The number of ether oxygens (including phenoxy) is 2. The fraction of sp³-hybridized carbons (Fsp3) is 0.406. The van der Waals surface area contributed by atoms with E-state index in [1.165, 1.54) is 28.2 Å². The van der Waals surface area contributed by atoms with Gasteiger partial charge in [-0.2, -0.15) is 8.42 Å². The van der Waals surface area contributed by atoms with Gasteiger partial charge in [0.05, 0.1) is 29.4 Å². The Morgan fingerprint density at radius 2 is 1.85 bits per heavy atom. The van der Waals surface area contributed by atoms with Crippen LogP contribution >= 0.6 is 0 Å². The normalized spacial score (nSPS) is 19.6. The maximum Gasteiger partial charge on any atom is 0.416 e. The largest absolute Gasteiger partial charge is 0.443 e. The number of benzene rings is 2.